The molecule has 2 aliphatic rings. The van der Waals surface area contributed by atoms with Crippen LogP contribution in [0.4, 0.5) is 11.4 Å². The second-order valence-electron chi connectivity index (χ2n) is 9.29. The number of Topliss-reactive ketones (excluding diaryl/α,β-unsaturated/α-hetero) is 2. The Morgan fingerprint density at radius 3 is 1.59 bits per heavy atom. The lowest BCUT2D eigenvalue weighted by Gasteiger charge is -2.18. The summed E-state index contributed by atoms with van der Waals surface area (Å²) in [4.78, 5) is 29.0. The molecule has 2 aromatic rings. The van der Waals surface area contributed by atoms with Gasteiger partial charge in [0.15, 0.2) is 11.6 Å². The van der Waals surface area contributed by atoms with E-state index in [-0.39, 0.29) is 11.6 Å². The van der Waals surface area contributed by atoms with E-state index in [2.05, 4.69) is 43.9 Å². The van der Waals surface area contributed by atoms with Crippen LogP contribution in [0.2, 0.25) is 0 Å². The molecule has 0 unspecified atom stereocenters. The minimum Gasteiger partial charge on any atom is -0.726 e. The highest BCUT2D eigenvalue weighted by atomic mass is 32.3. The van der Waals surface area contributed by atoms with Gasteiger partial charge in [0, 0.05) is 29.9 Å². The molecule has 4 rings (SSSR count). The van der Waals surface area contributed by atoms with Crippen molar-refractivity contribution in [2.45, 2.75) is 13.8 Å². The van der Waals surface area contributed by atoms with Gasteiger partial charge in [0.25, 0.3) is 10.1 Å². The maximum Gasteiger partial charge on any atom is 0.261 e. The van der Waals surface area contributed by atoms with Crippen molar-refractivity contribution in [3.05, 3.63) is 59.7 Å². The topological polar surface area (TPSA) is 168 Å². The molecule has 0 radical (unpaired) electrons. The number of nitrogens with zero attached hydrogens (tertiary/aromatic N) is 4. The Morgan fingerprint density at radius 2 is 1.29 bits per heavy atom. The number of hydrogen-bond acceptors (Lipinski definition) is 11. The summed E-state index contributed by atoms with van der Waals surface area (Å²) < 4.78 is 59.0. The molecule has 2 heterocycles. The Morgan fingerprint density at radius 1 is 0.878 bits per heavy atom. The summed E-state index contributed by atoms with van der Waals surface area (Å²) in [6.45, 7) is 8.39. The van der Waals surface area contributed by atoms with Crippen molar-refractivity contribution < 1.29 is 44.3 Å². The van der Waals surface area contributed by atoms with Gasteiger partial charge in [-0.15, -0.1) is 0 Å². The lowest BCUT2D eigenvalue weighted by Crippen LogP contribution is -2.22. The molecule has 2 aliphatic heterocycles. The van der Waals surface area contributed by atoms with E-state index in [1.54, 1.807) is 13.8 Å². The average molecular weight is 615 g/mol. The van der Waals surface area contributed by atoms with Crippen molar-refractivity contribution in [2.75, 3.05) is 70.1 Å². The van der Waals surface area contributed by atoms with Gasteiger partial charge in [-0.2, -0.15) is 8.42 Å². The highest BCUT2D eigenvalue weighted by Crippen LogP contribution is 2.18. The SMILES string of the molecule is CC(=O)c1ccc(N2C=[N+](C)CC2)cc1.CC(=O)c1ccc(N2CCN(C)C2)cc1.COS(=O)(=O)[O-].CS(=O)(=O)O. The first-order chi connectivity index (χ1) is 18.9. The van der Waals surface area contributed by atoms with Gasteiger partial charge in [-0.1, -0.05) is 0 Å². The quantitative estimate of drug-likeness (QED) is 0.224. The van der Waals surface area contributed by atoms with Gasteiger partial charge in [0.05, 0.1) is 27.1 Å². The molecule has 13 nitrogen and oxygen atoms in total. The van der Waals surface area contributed by atoms with Crippen LogP contribution >= 0.6 is 0 Å². The maximum absolute atomic E-state index is 11.1. The Balaban J connectivity index is 0.000000304. The minimum atomic E-state index is -4.41. The minimum absolute atomic E-state index is 0.115. The standard InChI is InChI=1S/C12H16N2O.C12H15N2O.CH4O4S.CH4O3S/c2*1-10(15)11-3-5-12(6-4-11)14-8-7-13(2)9-14;1-5-6(2,3)4;1-5(2,3)4/h3-6H,7-9H2,1-2H3;3-6,9H,7-8H2,1-2H3;1H3,(H,2,3,4);1H3,(H,2,3,4)/q;+1;;/p-1. The van der Waals surface area contributed by atoms with Crippen molar-refractivity contribution in [3.63, 3.8) is 0 Å². The van der Waals surface area contributed by atoms with Gasteiger partial charge in [0.1, 0.15) is 18.8 Å². The summed E-state index contributed by atoms with van der Waals surface area (Å²) in [6, 6.07) is 15.6. The predicted molar refractivity (Wildman–Crippen MR) is 156 cm³/mol. The molecular weight excluding hydrogens is 576 g/mol. The number of carbonyl (C=O) groups excluding carboxylic acids is 2. The van der Waals surface area contributed by atoms with E-state index in [4.69, 9.17) is 4.55 Å². The number of anilines is 2. The Labute approximate surface area is 242 Å². The molecule has 0 aliphatic carbocycles. The first kappa shape index (κ1) is 35.8. The third-order valence-electron chi connectivity index (χ3n) is 5.64. The molecule has 0 atom stereocenters. The highest BCUT2D eigenvalue weighted by Gasteiger charge is 2.18. The summed E-state index contributed by atoms with van der Waals surface area (Å²) in [5, 5.41) is 0. The number of likely N-dealkylation sites (N-methyl/N-ethyl adjacent to an activating group) is 2. The summed E-state index contributed by atoms with van der Waals surface area (Å²) >= 11 is 0. The fourth-order valence-corrected chi connectivity index (χ4v) is 3.54. The van der Waals surface area contributed by atoms with Crippen LogP contribution in [-0.4, -0.2) is 114 Å². The zero-order chi connectivity index (χ0) is 31.4. The molecule has 0 aromatic heterocycles. The van der Waals surface area contributed by atoms with Crippen molar-refractivity contribution in [2.24, 2.45) is 0 Å². The van der Waals surface area contributed by atoms with E-state index in [1.165, 1.54) is 5.69 Å². The zero-order valence-corrected chi connectivity index (χ0v) is 25.7. The Kier molecular flexibility index (Phi) is 14.2. The molecule has 0 bridgehead atoms. The van der Waals surface area contributed by atoms with Gasteiger partial charge >= 0.3 is 0 Å². The molecule has 15 heteroatoms. The molecule has 1 N–H and O–H groups in total. The van der Waals surface area contributed by atoms with Gasteiger partial charge in [-0.3, -0.25) is 27.8 Å². The smallest absolute Gasteiger partial charge is 0.261 e. The van der Waals surface area contributed by atoms with Crippen molar-refractivity contribution in [1.29, 1.82) is 0 Å². The number of carbonyl (C=O) groups is 2. The molecule has 228 valence electrons. The first-order valence-corrected chi connectivity index (χ1v) is 15.5. The van der Waals surface area contributed by atoms with Gasteiger partial charge < -0.3 is 9.45 Å². The van der Waals surface area contributed by atoms with Gasteiger partial charge in [0.2, 0.25) is 16.7 Å². The van der Waals surface area contributed by atoms with E-state index < -0.39 is 20.5 Å². The monoisotopic (exact) mass is 614 g/mol. The first-order valence-electron chi connectivity index (χ1n) is 12.3. The second kappa shape index (κ2) is 16.3. The fraction of sp³-hybridized carbons (Fsp3) is 0.423. The Hall–Kier alpha value is -3.21. The number of hydrogen-bond donors (Lipinski definition) is 1. The van der Waals surface area contributed by atoms with Gasteiger partial charge in [-0.05, 0) is 69.4 Å². The number of rotatable bonds is 5. The summed E-state index contributed by atoms with van der Waals surface area (Å²) in [5.41, 5.74) is 3.89. The van der Waals surface area contributed by atoms with Crippen LogP contribution in [0.5, 0.6) is 0 Å². The largest absolute Gasteiger partial charge is 0.726 e. The molecule has 41 heavy (non-hydrogen) atoms. The Bertz CT molecular complexity index is 1390. The van der Waals surface area contributed by atoms with Gasteiger partial charge in [-0.25, -0.2) is 13.3 Å². The van der Waals surface area contributed by atoms with Crippen LogP contribution in [0.15, 0.2) is 48.5 Å². The van der Waals surface area contributed by atoms with Crippen molar-refractivity contribution in [3.8, 4) is 0 Å². The van der Waals surface area contributed by atoms with E-state index in [0.29, 0.717) is 6.26 Å². The summed E-state index contributed by atoms with van der Waals surface area (Å²) in [5.74, 6) is 0.240. The molecule has 2 aromatic carbocycles. The summed E-state index contributed by atoms with van der Waals surface area (Å²) in [7, 11) is -3.10. The zero-order valence-electron chi connectivity index (χ0n) is 24.1. The molecule has 0 saturated carbocycles. The average Bonchev–Trinajstić information content (AvgIpc) is 3.52. The molecular formula is C26H38N4O9S2. The maximum atomic E-state index is 11.1. The van der Waals surface area contributed by atoms with E-state index in [0.717, 1.165) is 56.8 Å². The van der Waals surface area contributed by atoms with Crippen LogP contribution in [-0.2, 0) is 24.7 Å². The molecule has 1 fully saturated rings. The van der Waals surface area contributed by atoms with Crippen LogP contribution in [0.1, 0.15) is 34.6 Å². The molecule has 0 spiro atoms. The van der Waals surface area contributed by atoms with E-state index in [9.17, 15) is 31.0 Å². The summed E-state index contributed by atoms with van der Waals surface area (Å²) in [6.07, 6.45) is 2.80. The lowest BCUT2D eigenvalue weighted by atomic mass is 10.1. The lowest BCUT2D eigenvalue weighted by molar-refractivity contribution is -0.481. The normalized spacial score (nSPS) is 15.0. The number of ketones is 2. The third-order valence-corrected chi connectivity index (χ3v) is 6.05. The third kappa shape index (κ3) is 15.4. The molecule has 1 saturated heterocycles. The van der Waals surface area contributed by atoms with E-state index >= 15 is 0 Å². The van der Waals surface area contributed by atoms with Crippen LogP contribution < -0.4 is 9.80 Å². The highest BCUT2D eigenvalue weighted by molar-refractivity contribution is 7.85. The van der Waals surface area contributed by atoms with Crippen molar-refractivity contribution in [1.82, 2.24) is 4.90 Å². The predicted octanol–water partition coefficient (Wildman–Crippen LogP) is 1.58. The number of benzene rings is 2. The van der Waals surface area contributed by atoms with Crippen molar-refractivity contribution >= 4 is 49.8 Å². The fourth-order valence-electron chi connectivity index (χ4n) is 3.54. The van der Waals surface area contributed by atoms with Crippen LogP contribution in [0, 0.1) is 0 Å². The van der Waals surface area contributed by atoms with Crippen LogP contribution in [0.3, 0.4) is 0 Å². The second-order valence-corrected chi connectivity index (χ2v) is 11.9. The van der Waals surface area contributed by atoms with E-state index in [1.807, 2.05) is 48.5 Å². The molecule has 0 amide bonds. The van der Waals surface area contributed by atoms with Crippen LogP contribution in [0.25, 0.3) is 0 Å².